The number of aromatic nitrogens is 1. The molecule has 2 aromatic rings. The summed E-state index contributed by atoms with van der Waals surface area (Å²) in [6, 6.07) is 11.4. The molecule has 4 nitrogen and oxygen atoms in total. The van der Waals surface area contributed by atoms with Gasteiger partial charge in [0.05, 0.1) is 5.69 Å². The van der Waals surface area contributed by atoms with Crippen molar-refractivity contribution in [1.29, 1.82) is 0 Å². The highest BCUT2D eigenvalue weighted by molar-refractivity contribution is 9.10. The molecule has 21 heavy (non-hydrogen) atoms. The molecule has 110 valence electrons. The van der Waals surface area contributed by atoms with Gasteiger partial charge in [-0.2, -0.15) is 0 Å². The highest BCUT2D eigenvalue weighted by Crippen LogP contribution is 2.25. The molecule has 1 amide bonds. The maximum atomic E-state index is 12.1. The molecular weight excluding hydrogens is 330 g/mol. The smallest absolute Gasteiger partial charge is 0.270 e. The van der Waals surface area contributed by atoms with Crippen LogP contribution in [0.2, 0.25) is 0 Å². The molecule has 0 aliphatic carbocycles. The average Bonchev–Trinajstić information content (AvgIpc) is 2.40. The maximum absolute atomic E-state index is 12.1. The lowest BCUT2D eigenvalue weighted by Crippen LogP contribution is -2.40. The van der Waals surface area contributed by atoms with Crippen LogP contribution in [0.25, 0.3) is 0 Å². The van der Waals surface area contributed by atoms with Gasteiger partial charge in [0, 0.05) is 21.9 Å². The van der Waals surface area contributed by atoms with Crippen molar-refractivity contribution in [3.05, 3.63) is 52.8 Å². The highest BCUT2D eigenvalue weighted by atomic mass is 79.9. The average molecular weight is 348 g/mol. The van der Waals surface area contributed by atoms with E-state index in [-0.39, 0.29) is 11.4 Å². The predicted octanol–water partition coefficient (Wildman–Crippen LogP) is 4.12. The van der Waals surface area contributed by atoms with E-state index in [1.165, 1.54) is 0 Å². The third-order valence-corrected chi connectivity index (χ3v) is 3.33. The summed E-state index contributed by atoms with van der Waals surface area (Å²) in [7, 11) is 0. The molecule has 0 radical (unpaired) electrons. The summed E-state index contributed by atoms with van der Waals surface area (Å²) in [5.74, 6) is -0.182. The Morgan fingerprint density at radius 1 is 1.19 bits per heavy atom. The number of amides is 1. The predicted molar refractivity (Wildman–Crippen MR) is 88.9 cm³/mol. The molecule has 0 bridgehead atoms. The molecule has 0 fully saturated rings. The fourth-order valence-corrected chi connectivity index (χ4v) is 2.14. The number of halogens is 1. The van der Waals surface area contributed by atoms with Gasteiger partial charge in [0.1, 0.15) is 5.69 Å². The summed E-state index contributed by atoms with van der Waals surface area (Å²) in [5.41, 5.74) is 1.86. The summed E-state index contributed by atoms with van der Waals surface area (Å²) in [6.45, 7) is 5.82. The third-order valence-electron chi connectivity index (χ3n) is 2.63. The van der Waals surface area contributed by atoms with Crippen molar-refractivity contribution in [3.63, 3.8) is 0 Å². The second-order valence-corrected chi connectivity index (χ2v) is 6.59. The molecule has 5 heteroatoms. The molecule has 0 saturated heterocycles. The summed E-state index contributed by atoms with van der Waals surface area (Å²) in [4.78, 5) is 16.2. The van der Waals surface area contributed by atoms with E-state index in [4.69, 9.17) is 0 Å². The number of carbonyl (C=O) groups is 1. The van der Waals surface area contributed by atoms with E-state index in [0.29, 0.717) is 5.69 Å². The van der Waals surface area contributed by atoms with Crippen LogP contribution in [0.4, 0.5) is 11.4 Å². The van der Waals surface area contributed by atoms with E-state index in [9.17, 15) is 4.79 Å². The normalized spacial score (nSPS) is 11.0. The third kappa shape index (κ3) is 4.56. The minimum atomic E-state index is -0.287. The van der Waals surface area contributed by atoms with Crippen LogP contribution in [0, 0.1) is 0 Å². The van der Waals surface area contributed by atoms with Crippen LogP contribution in [0.3, 0.4) is 0 Å². The van der Waals surface area contributed by atoms with Crippen molar-refractivity contribution in [3.8, 4) is 0 Å². The van der Waals surface area contributed by atoms with E-state index in [1.54, 1.807) is 12.3 Å². The van der Waals surface area contributed by atoms with Crippen molar-refractivity contribution in [2.45, 2.75) is 26.3 Å². The molecule has 1 aromatic heterocycles. The van der Waals surface area contributed by atoms with Crippen molar-refractivity contribution >= 4 is 33.2 Å². The number of nitrogens with zero attached hydrogens (tertiary/aromatic N) is 1. The van der Waals surface area contributed by atoms with E-state index in [0.717, 1.165) is 15.8 Å². The minimum absolute atomic E-state index is 0.182. The van der Waals surface area contributed by atoms with Crippen LogP contribution in [-0.4, -0.2) is 16.4 Å². The Hall–Kier alpha value is -1.88. The number of benzene rings is 1. The van der Waals surface area contributed by atoms with Gasteiger partial charge in [0.2, 0.25) is 0 Å². The summed E-state index contributed by atoms with van der Waals surface area (Å²) < 4.78 is 0.961. The Morgan fingerprint density at radius 2 is 1.90 bits per heavy atom. The zero-order valence-electron chi connectivity index (χ0n) is 12.3. The van der Waals surface area contributed by atoms with Gasteiger partial charge in [0.25, 0.3) is 5.91 Å². The topological polar surface area (TPSA) is 54.0 Å². The largest absolute Gasteiger partial charge is 0.354 e. The minimum Gasteiger partial charge on any atom is -0.354 e. The van der Waals surface area contributed by atoms with Crippen LogP contribution in [0.15, 0.2) is 47.1 Å². The number of rotatable bonds is 3. The molecule has 0 saturated carbocycles. The van der Waals surface area contributed by atoms with Crippen LogP contribution in [0.5, 0.6) is 0 Å². The fourth-order valence-electron chi connectivity index (χ4n) is 1.76. The summed E-state index contributed by atoms with van der Waals surface area (Å²) in [6.07, 6.45) is 1.62. The van der Waals surface area contributed by atoms with Gasteiger partial charge in [-0.05, 0) is 61.0 Å². The molecule has 0 aliphatic rings. The van der Waals surface area contributed by atoms with Crippen LogP contribution >= 0.6 is 15.9 Å². The number of hydrogen-bond donors (Lipinski definition) is 2. The molecule has 0 aliphatic heterocycles. The number of anilines is 2. The van der Waals surface area contributed by atoms with E-state index in [2.05, 4.69) is 31.5 Å². The second kappa shape index (κ2) is 6.26. The SMILES string of the molecule is CC(C)(C)NC(=O)c1cc(Nc2ccccc2Br)ccn1. The Labute approximate surface area is 133 Å². The number of pyridine rings is 1. The first-order valence-electron chi connectivity index (χ1n) is 6.65. The van der Waals surface area contributed by atoms with Gasteiger partial charge in [-0.1, -0.05) is 12.1 Å². The highest BCUT2D eigenvalue weighted by Gasteiger charge is 2.16. The Kier molecular flexibility index (Phi) is 4.63. The Morgan fingerprint density at radius 3 is 2.57 bits per heavy atom. The van der Waals surface area contributed by atoms with Gasteiger partial charge < -0.3 is 10.6 Å². The fraction of sp³-hybridized carbons (Fsp3) is 0.250. The summed E-state index contributed by atoms with van der Waals surface area (Å²) in [5, 5.41) is 6.16. The van der Waals surface area contributed by atoms with E-state index >= 15 is 0 Å². The molecule has 2 rings (SSSR count). The van der Waals surface area contributed by atoms with Crippen LogP contribution < -0.4 is 10.6 Å². The zero-order chi connectivity index (χ0) is 15.5. The zero-order valence-corrected chi connectivity index (χ0v) is 13.9. The van der Waals surface area contributed by atoms with Crippen molar-refractivity contribution in [1.82, 2.24) is 10.3 Å². The van der Waals surface area contributed by atoms with Gasteiger partial charge in [-0.3, -0.25) is 9.78 Å². The van der Waals surface area contributed by atoms with Gasteiger partial charge >= 0.3 is 0 Å². The second-order valence-electron chi connectivity index (χ2n) is 5.74. The molecule has 0 unspecified atom stereocenters. The molecular formula is C16H18BrN3O. The molecule has 1 heterocycles. The standard InChI is InChI=1S/C16H18BrN3O/c1-16(2,3)20-15(21)14-10-11(8-9-18-14)19-13-7-5-4-6-12(13)17/h4-10H,1-3H3,(H,18,19)(H,20,21). The van der Waals surface area contributed by atoms with Gasteiger partial charge in [-0.25, -0.2) is 0 Å². The molecule has 1 aromatic carbocycles. The lowest BCUT2D eigenvalue weighted by molar-refractivity contribution is 0.0914. The van der Waals surface area contributed by atoms with Gasteiger partial charge in [-0.15, -0.1) is 0 Å². The number of para-hydroxylation sites is 1. The van der Waals surface area contributed by atoms with Crippen molar-refractivity contribution < 1.29 is 4.79 Å². The first-order valence-corrected chi connectivity index (χ1v) is 7.44. The number of nitrogens with one attached hydrogen (secondary N) is 2. The first-order chi connectivity index (χ1) is 9.85. The van der Waals surface area contributed by atoms with Crippen molar-refractivity contribution in [2.75, 3.05) is 5.32 Å². The monoisotopic (exact) mass is 347 g/mol. The molecule has 0 spiro atoms. The lowest BCUT2D eigenvalue weighted by Gasteiger charge is -2.20. The quantitative estimate of drug-likeness (QED) is 0.878. The number of hydrogen-bond acceptors (Lipinski definition) is 3. The summed E-state index contributed by atoms with van der Waals surface area (Å²) >= 11 is 3.48. The molecule has 0 atom stereocenters. The Bertz CT molecular complexity index is 650. The maximum Gasteiger partial charge on any atom is 0.270 e. The van der Waals surface area contributed by atoms with Crippen molar-refractivity contribution in [2.24, 2.45) is 0 Å². The van der Waals surface area contributed by atoms with Crippen LogP contribution in [0.1, 0.15) is 31.3 Å². The Balaban J connectivity index is 2.18. The van der Waals surface area contributed by atoms with Crippen LogP contribution in [-0.2, 0) is 0 Å². The van der Waals surface area contributed by atoms with E-state index in [1.807, 2.05) is 51.1 Å². The van der Waals surface area contributed by atoms with E-state index < -0.39 is 0 Å². The molecule has 2 N–H and O–H groups in total. The number of carbonyl (C=O) groups excluding carboxylic acids is 1. The first kappa shape index (κ1) is 15.5. The lowest BCUT2D eigenvalue weighted by atomic mass is 10.1. The van der Waals surface area contributed by atoms with Gasteiger partial charge in [0.15, 0.2) is 0 Å².